The fourth-order valence-corrected chi connectivity index (χ4v) is 2.92. The Morgan fingerprint density at radius 2 is 1.83 bits per heavy atom. The minimum atomic E-state index is -0.235. The zero-order valence-electron chi connectivity index (χ0n) is 10.6. The first kappa shape index (κ1) is 13.7. The van der Waals surface area contributed by atoms with Crippen LogP contribution in [0, 0.1) is 0 Å². The predicted octanol–water partition coefficient (Wildman–Crippen LogP) is 4.92. The van der Waals surface area contributed by atoms with Gasteiger partial charge in [-0.05, 0) is 36.8 Å². The molecule has 2 rings (SSSR count). The van der Waals surface area contributed by atoms with Crippen LogP contribution in [0.3, 0.4) is 0 Å². The lowest BCUT2D eigenvalue weighted by molar-refractivity contribution is 0.0672. The van der Waals surface area contributed by atoms with Gasteiger partial charge >= 0.3 is 0 Å². The third-order valence-corrected chi connectivity index (χ3v) is 4.02. The van der Waals surface area contributed by atoms with E-state index in [1.54, 1.807) is 11.8 Å². The minimum absolute atomic E-state index is 0.171. The molecule has 2 aromatic carbocycles. The van der Waals surface area contributed by atoms with Gasteiger partial charge in [0.05, 0.1) is 6.10 Å². The van der Waals surface area contributed by atoms with Gasteiger partial charge in [-0.3, -0.25) is 0 Å². The normalized spacial score (nSPS) is 13.1. The standard InChI is InChI=1S/C15H17ClOS/c1-11(2)17-15(16)10-18-14-8-7-12-5-3-4-6-13(12)9-14/h3-9,11,15H,10H2,1-2H3. The number of thioether (sulfide) groups is 1. The topological polar surface area (TPSA) is 9.23 Å². The largest absolute Gasteiger partial charge is 0.359 e. The molecule has 0 bridgehead atoms. The number of benzene rings is 2. The second-order valence-corrected chi connectivity index (χ2v) is 6.00. The molecule has 18 heavy (non-hydrogen) atoms. The molecule has 0 aliphatic heterocycles. The van der Waals surface area contributed by atoms with E-state index in [1.165, 1.54) is 15.7 Å². The Balaban J connectivity index is 1.99. The zero-order valence-corrected chi connectivity index (χ0v) is 12.2. The van der Waals surface area contributed by atoms with Crippen molar-refractivity contribution in [3.8, 4) is 0 Å². The third-order valence-electron chi connectivity index (χ3n) is 2.52. The summed E-state index contributed by atoms with van der Waals surface area (Å²) in [6.07, 6.45) is 0.171. The molecule has 0 N–H and O–H groups in total. The molecule has 0 saturated heterocycles. The fourth-order valence-electron chi connectivity index (χ4n) is 1.75. The van der Waals surface area contributed by atoms with E-state index in [0.29, 0.717) is 0 Å². The van der Waals surface area contributed by atoms with Crippen LogP contribution in [0.1, 0.15) is 13.8 Å². The maximum atomic E-state index is 6.10. The van der Waals surface area contributed by atoms with Gasteiger partial charge in [-0.1, -0.05) is 41.9 Å². The molecule has 96 valence electrons. The van der Waals surface area contributed by atoms with Gasteiger partial charge in [0.1, 0.15) is 5.56 Å². The van der Waals surface area contributed by atoms with Gasteiger partial charge in [-0.2, -0.15) is 0 Å². The van der Waals surface area contributed by atoms with E-state index >= 15 is 0 Å². The maximum Gasteiger partial charge on any atom is 0.140 e. The molecule has 0 aliphatic rings. The second kappa shape index (κ2) is 6.46. The molecule has 0 saturated carbocycles. The van der Waals surface area contributed by atoms with Crippen molar-refractivity contribution in [3.05, 3.63) is 42.5 Å². The smallest absolute Gasteiger partial charge is 0.140 e. The van der Waals surface area contributed by atoms with Crippen molar-refractivity contribution in [2.45, 2.75) is 30.4 Å². The van der Waals surface area contributed by atoms with Gasteiger partial charge in [-0.15, -0.1) is 11.8 Å². The van der Waals surface area contributed by atoms with Crippen LogP contribution < -0.4 is 0 Å². The molecular formula is C15H17ClOS. The van der Waals surface area contributed by atoms with Crippen LogP contribution in [-0.4, -0.2) is 17.4 Å². The molecule has 1 nitrogen and oxygen atoms in total. The number of fused-ring (bicyclic) bond motifs is 1. The summed E-state index contributed by atoms with van der Waals surface area (Å²) in [5, 5.41) is 2.53. The lowest BCUT2D eigenvalue weighted by atomic mass is 10.1. The Labute approximate surface area is 117 Å². The van der Waals surface area contributed by atoms with E-state index in [2.05, 4.69) is 42.5 Å². The summed E-state index contributed by atoms with van der Waals surface area (Å²) in [6, 6.07) is 14.8. The summed E-state index contributed by atoms with van der Waals surface area (Å²) in [4.78, 5) is 1.23. The molecule has 2 aromatic rings. The molecule has 3 heteroatoms. The lowest BCUT2D eigenvalue weighted by Crippen LogP contribution is -2.13. The highest BCUT2D eigenvalue weighted by atomic mass is 35.5. The monoisotopic (exact) mass is 280 g/mol. The maximum absolute atomic E-state index is 6.10. The molecule has 0 radical (unpaired) electrons. The van der Waals surface area contributed by atoms with Crippen molar-refractivity contribution in [1.82, 2.24) is 0 Å². The Hall–Kier alpha value is -0.700. The summed E-state index contributed by atoms with van der Waals surface area (Å²) in [5.41, 5.74) is -0.235. The van der Waals surface area contributed by atoms with Crippen molar-refractivity contribution in [2.75, 3.05) is 5.75 Å². The number of alkyl halides is 1. The number of hydrogen-bond acceptors (Lipinski definition) is 2. The van der Waals surface area contributed by atoms with Gasteiger partial charge in [0.15, 0.2) is 0 Å². The molecule has 0 spiro atoms. The first-order valence-corrected chi connectivity index (χ1v) is 7.48. The van der Waals surface area contributed by atoms with E-state index in [-0.39, 0.29) is 11.7 Å². The lowest BCUT2D eigenvalue weighted by Gasteiger charge is -2.13. The molecule has 0 aromatic heterocycles. The summed E-state index contributed by atoms with van der Waals surface area (Å²) in [5.74, 6) is 0.762. The molecule has 0 fully saturated rings. The van der Waals surface area contributed by atoms with Gasteiger partial charge in [0, 0.05) is 10.6 Å². The molecule has 1 atom stereocenters. The van der Waals surface area contributed by atoms with Crippen LogP contribution in [-0.2, 0) is 4.74 Å². The van der Waals surface area contributed by atoms with Crippen molar-refractivity contribution in [2.24, 2.45) is 0 Å². The van der Waals surface area contributed by atoms with Crippen molar-refractivity contribution < 1.29 is 4.74 Å². The van der Waals surface area contributed by atoms with Crippen LogP contribution in [0.4, 0.5) is 0 Å². The van der Waals surface area contributed by atoms with Crippen molar-refractivity contribution in [1.29, 1.82) is 0 Å². The Kier molecular flexibility index (Phi) is 4.93. The van der Waals surface area contributed by atoms with Crippen molar-refractivity contribution in [3.63, 3.8) is 0 Å². The van der Waals surface area contributed by atoms with E-state index in [9.17, 15) is 0 Å². The first-order valence-electron chi connectivity index (χ1n) is 6.06. The molecular weight excluding hydrogens is 264 g/mol. The fraction of sp³-hybridized carbons (Fsp3) is 0.333. The SMILES string of the molecule is CC(C)OC(Cl)CSc1ccc2ccccc2c1. The molecule has 0 amide bonds. The summed E-state index contributed by atoms with van der Waals surface area (Å²) in [7, 11) is 0. The highest BCUT2D eigenvalue weighted by molar-refractivity contribution is 7.99. The molecule has 0 heterocycles. The quantitative estimate of drug-likeness (QED) is 0.568. The third kappa shape index (κ3) is 3.91. The summed E-state index contributed by atoms with van der Waals surface area (Å²) >= 11 is 7.83. The highest BCUT2D eigenvalue weighted by Gasteiger charge is 2.07. The van der Waals surface area contributed by atoms with Crippen LogP contribution in [0.5, 0.6) is 0 Å². The zero-order chi connectivity index (χ0) is 13.0. The van der Waals surface area contributed by atoms with E-state index < -0.39 is 0 Å². The second-order valence-electron chi connectivity index (χ2n) is 4.41. The predicted molar refractivity (Wildman–Crippen MR) is 80.5 cm³/mol. The Bertz CT molecular complexity index is 513. The average molecular weight is 281 g/mol. The van der Waals surface area contributed by atoms with Gasteiger partial charge in [0.25, 0.3) is 0 Å². The Morgan fingerprint density at radius 1 is 1.11 bits per heavy atom. The Morgan fingerprint density at radius 3 is 2.56 bits per heavy atom. The van der Waals surface area contributed by atoms with Gasteiger partial charge < -0.3 is 4.74 Å². The van der Waals surface area contributed by atoms with Crippen LogP contribution in [0.2, 0.25) is 0 Å². The van der Waals surface area contributed by atoms with E-state index in [4.69, 9.17) is 16.3 Å². The van der Waals surface area contributed by atoms with Crippen LogP contribution >= 0.6 is 23.4 Å². The highest BCUT2D eigenvalue weighted by Crippen LogP contribution is 2.25. The number of rotatable bonds is 5. The van der Waals surface area contributed by atoms with Crippen LogP contribution in [0.15, 0.2) is 47.4 Å². The molecule has 0 aliphatic carbocycles. The minimum Gasteiger partial charge on any atom is -0.359 e. The summed E-state index contributed by atoms with van der Waals surface area (Å²) in [6.45, 7) is 3.99. The van der Waals surface area contributed by atoms with Crippen molar-refractivity contribution >= 4 is 34.1 Å². The number of hydrogen-bond donors (Lipinski definition) is 0. The summed E-state index contributed by atoms with van der Waals surface area (Å²) < 4.78 is 5.50. The van der Waals surface area contributed by atoms with Gasteiger partial charge in [0.2, 0.25) is 0 Å². The van der Waals surface area contributed by atoms with E-state index in [1.807, 2.05) is 13.8 Å². The molecule has 1 unspecified atom stereocenters. The average Bonchev–Trinajstić information content (AvgIpc) is 2.35. The van der Waals surface area contributed by atoms with Gasteiger partial charge in [-0.25, -0.2) is 0 Å². The number of ether oxygens (including phenoxy) is 1. The number of halogens is 1. The van der Waals surface area contributed by atoms with Crippen LogP contribution in [0.25, 0.3) is 10.8 Å². The first-order chi connectivity index (χ1) is 8.65. The van der Waals surface area contributed by atoms with E-state index in [0.717, 1.165) is 5.75 Å².